The number of nitrogens with two attached hydrogens (primary N) is 1. The predicted octanol–water partition coefficient (Wildman–Crippen LogP) is 1.61. The molecule has 0 aliphatic rings. The van der Waals surface area contributed by atoms with Crippen LogP contribution in [0, 0.1) is 0 Å². The maximum Gasteiger partial charge on any atom is 0.141 e. The van der Waals surface area contributed by atoms with Gasteiger partial charge < -0.3 is 10.6 Å². The molecule has 0 amide bonds. The van der Waals surface area contributed by atoms with Crippen LogP contribution in [0.15, 0.2) is 12.4 Å². The van der Waals surface area contributed by atoms with Gasteiger partial charge in [0.2, 0.25) is 0 Å². The first kappa shape index (κ1) is 15.9. The summed E-state index contributed by atoms with van der Waals surface area (Å²) in [6, 6.07) is 0. The third kappa shape index (κ3) is 5.98. The minimum Gasteiger partial charge on any atom is -0.382 e. The van der Waals surface area contributed by atoms with Crippen molar-refractivity contribution in [3.8, 4) is 0 Å². The lowest BCUT2D eigenvalue weighted by atomic mass is 10.3. The Morgan fingerprint density at radius 3 is 2.11 bits per heavy atom. The van der Waals surface area contributed by atoms with Crippen molar-refractivity contribution in [2.75, 3.05) is 38.5 Å². The van der Waals surface area contributed by atoms with Gasteiger partial charge in [0.25, 0.3) is 0 Å². The molecule has 1 aromatic rings. The van der Waals surface area contributed by atoms with Crippen LogP contribution in [0.25, 0.3) is 0 Å². The zero-order chi connectivity index (χ0) is 14.1. The second-order valence-corrected chi connectivity index (χ2v) is 4.68. The van der Waals surface area contributed by atoms with E-state index in [9.17, 15) is 0 Å². The minimum atomic E-state index is 0.480. The fraction of sp³-hybridized carbons (Fsp3) is 0.714. The van der Waals surface area contributed by atoms with Gasteiger partial charge in [-0.2, -0.15) is 0 Å². The lowest BCUT2D eigenvalue weighted by molar-refractivity contribution is 0.236. The highest BCUT2D eigenvalue weighted by Crippen LogP contribution is 2.03. The molecule has 0 unspecified atom stereocenters. The highest BCUT2D eigenvalue weighted by atomic mass is 15.1. The van der Waals surface area contributed by atoms with Crippen molar-refractivity contribution >= 4 is 5.82 Å². The fourth-order valence-electron chi connectivity index (χ4n) is 2.08. The summed E-state index contributed by atoms with van der Waals surface area (Å²) in [5, 5.41) is 0. The van der Waals surface area contributed by atoms with Gasteiger partial charge in [-0.1, -0.05) is 20.8 Å². The standard InChI is InChI=1S/C14H27N5/c1-4-18(5-2)8-7-9-19(6-3)12-13-10-17-14(15)11-16-13/h10-11H,4-9,12H2,1-3H3,(H2,15,17). The molecule has 0 saturated heterocycles. The van der Waals surface area contributed by atoms with Crippen LogP contribution in [0.2, 0.25) is 0 Å². The molecule has 2 N–H and O–H groups in total. The van der Waals surface area contributed by atoms with Gasteiger partial charge in [-0.15, -0.1) is 0 Å². The van der Waals surface area contributed by atoms with Crippen molar-refractivity contribution in [2.45, 2.75) is 33.7 Å². The maximum absolute atomic E-state index is 5.54. The molecule has 108 valence electrons. The van der Waals surface area contributed by atoms with Gasteiger partial charge in [0.1, 0.15) is 5.82 Å². The van der Waals surface area contributed by atoms with Crippen LogP contribution in [0.4, 0.5) is 5.82 Å². The van der Waals surface area contributed by atoms with Gasteiger partial charge in [0.05, 0.1) is 18.1 Å². The molecule has 1 aromatic heterocycles. The zero-order valence-corrected chi connectivity index (χ0v) is 12.5. The highest BCUT2D eigenvalue weighted by molar-refractivity contribution is 5.22. The molecule has 19 heavy (non-hydrogen) atoms. The van der Waals surface area contributed by atoms with Crippen LogP contribution in [-0.4, -0.2) is 52.5 Å². The van der Waals surface area contributed by atoms with Crippen LogP contribution in [0.3, 0.4) is 0 Å². The third-order valence-electron chi connectivity index (χ3n) is 3.40. The summed E-state index contributed by atoms with van der Waals surface area (Å²) in [6.07, 6.45) is 4.58. The molecule has 1 heterocycles. The van der Waals surface area contributed by atoms with E-state index in [2.05, 4.69) is 40.5 Å². The molecular weight excluding hydrogens is 238 g/mol. The second kappa shape index (κ2) is 8.82. The minimum absolute atomic E-state index is 0.480. The Kier molecular flexibility index (Phi) is 7.36. The van der Waals surface area contributed by atoms with Crippen LogP contribution < -0.4 is 5.73 Å². The molecule has 0 saturated carbocycles. The third-order valence-corrected chi connectivity index (χ3v) is 3.40. The lowest BCUT2D eigenvalue weighted by Gasteiger charge is -2.23. The average Bonchev–Trinajstić information content (AvgIpc) is 2.44. The fourth-order valence-corrected chi connectivity index (χ4v) is 2.08. The molecule has 0 aliphatic carbocycles. The van der Waals surface area contributed by atoms with Crippen LogP contribution in [0.1, 0.15) is 32.9 Å². The van der Waals surface area contributed by atoms with Gasteiger partial charge in [-0.3, -0.25) is 9.88 Å². The molecule has 5 nitrogen and oxygen atoms in total. The summed E-state index contributed by atoms with van der Waals surface area (Å²) in [4.78, 5) is 13.2. The van der Waals surface area contributed by atoms with Gasteiger partial charge in [0.15, 0.2) is 0 Å². The number of nitrogens with zero attached hydrogens (tertiary/aromatic N) is 4. The maximum atomic E-state index is 5.54. The Labute approximate surface area is 116 Å². The van der Waals surface area contributed by atoms with Crippen molar-refractivity contribution in [2.24, 2.45) is 0 Å². The Morgan fingerprint density at radius 1 is 0.947 bits per heavy atom. The first-order chi connectivity index (χ1) is 9.19. The van der Waals surface area contributed by atoms with E-state index >= 15 is 0 Å². The van der Waals surface area contributed by atoms with E-state index in [0.29, 0.717) is 5.82 Å². The monoisotopic (exact) mass is 265 g/mol. The van der Waals surface area contributed by atoms with E-state index in [-0.39, 0.29) is 0 Å². The smallest absolute Gasteiger partial charge is 0.141 e. The predicted molar refractivity (Wildman–Crippen MR) is 79.8 cm³/mol. The van der Waals surface area contributed by atoms with Crippen LogP contribution in [0.5, 0.6) is 0 Å². The van der Waals surface area contributed by atoms with Gasteiger partial charge in [0, 0.05) is 6.54 Å². The summed E-state index contributed by atoms with van der Waals surface area (Å²) in [5.41, 5.74) is 6.53. The number of anilines is 1. The average molecular weight is 265 g/mol. The molecule has 0 aromatic carbocycles. The quantitative estimate of drug-likeness (QED) is 0.735. The van der Waals surface area contributed by atoms with E-state index in [1.807, 2.05) is 0 Å². The molecule has 0 atom stereocenters. The van der Waals surface area contributed by atoms with Crippen molar-refractivity contribution in [3.63, 3.8) is 0 Å². The van der Waals surface area contributed by atoms with Crippen molar-refractivity contribution < 1.29 is 0 Å². The molecule has 0 bridgehead atoms. The molecule has 1 rings (SSSR count). The topological polar surface area (TPSA) is 58.3 Å². The van der Waals surface area contributed by atoms with Gasteiger partial charge in [-0.05, 0) is 39.1 Å². The van der Waals surface area contributed by atoms with Gasteiger partial charge >= 0.3 is 0 Å². The second-order valence-electron chi connectivity index (χ2n) is 4.68. The Balaban J connectivity index is 2.35. The largest absolute Gasteiger partial charge is 0.382 e. The SMILES string of the molecule is CCN(CC)CCCN(CC)Cc1cnc(N)cn1. The summed E-state index contributed by atoms with van der Waals surface area (Å²) in [5.74, 6) is 0.480. The molecule has 5 heteroatoms. The summed E-state index contributed by atoms with van der Waals surface area (Å²) in [7, 11) is 0. The van der Waals surface area contributed by atoms with E-state index in [4.69, 9.17) is 5.73 Å². The van der Waals surface area contributed by atoms with E-state index in [1.165, 1.54) is 6.42 Å². The number of nitrogen functional groups attached to an aromatic ring is 1. The molecular formula is C14H27N5. The van der Waals surface area contributed by atoms with Gasteiger partial charge in [-0.25, -0.2) is 4.98 Å². The molecule has 0 spiro atoms. The number of hydrogen-bond donors (Lipinski definition) is 1. The molecule has 0 aliphatic heterocycles. The molecule has 0 fully saturated rings. The molecule has 0 radical (unpaired) electrons. The first-order valence-corrected chi connectivity index (χ1v) is 7.20. The van der Waals surface area contributed by atoms with Crippen molar-refractivity contribution in [1.82, 2.24) is 19.8 Å². The number of rotatable bonds is 9. The highest BCUT2D eigenvalue weighted by Gasteiger charge is 2.06. The Morgan fingerprint density at radius 2 is 1.58 bits per heavy atom. The van der Waals surface area contributed by atoms with Crippen LogP contribution in [-0.2, 0) is 6.54 Å². The van der Waals surface area contributed by atoms with E-state index < -0.39 is 0 Å². The van der Waals surface area contributed by atoms with Crippen LogP contribution >= 0.6 is 0 Å². The number of aromatic nitrogens is 2. The lowest BCUT2D eigenvalue weighted by Crippen LogP contribution is -2.30. The Hall–Kier alpha value is -1.20. The van der Waals surface area contributed by atoms with Crippen molar-refractivity contribution in [1.29, 1.82) is 0 Å². The normalized spacial score (nSPS) is 11.4. The van der Waals surface area contributed by atoms with Crippen molar-refractivity contribution in [3.05, 3.63) is 18.1 Å². The summed E-state index contributed by atoms with van der Waals surface area (Å²) >= 11 is 0. The van der Waals surface area contributed by atoms with E-state index in [1.54, 1.807) is 12.4 Å². The summed E-state index contributed by atoms with van der Waals surface area (Å²) in [6.45, 7) is 13.0. The first-order valence-electron chi connectivity index (χ1n) is 7.20. The Bertz CT molecular complexity index is 334. The number of hydrogen-bond acceptors (Lipinski definition) is 5. The van der Waals surface area contributed by atoms with E-state index in [0.717, 1.165) is 45.0 Å². The zero-order valence-electron chi connectivity index (χ0n) is 12.5. The summed E-state index contributed by atoms with van der Waals surface area (Å²) < 4.78 is 0.